The van der Waals surface area contributed by atoms with Crippen LogP contribution in [0.3, 0.4) is 0 Å². The minimum absolute atomic E-state index is 0.121. The molecular formula is C24H29FO5. The summed E-state index contributed by atoms with van der Waals surface area (Å²) in [4.78, 5) is 12.5. The zero-order valence-corrected chi connectivity index (χ0v) is 18.1. The number of halogens is 1. The Labute approximate surface area is 177 Å². The molecule has 2 aromatic rings. The Morgan fingerprint density at radius 3 is 2.10 bits per heavy atom. The van der Waals surface area contributed by atoms with E-state index in [4.69, 9.17) is 18.9 Å². The highest BCUT2D eigenvalue weighted by molar-refractivity contribution is 5.89. The summed E-state index contributed by atoms with van der Waals surface area (Å²) >= 11 is 0. The molecule has 1 fully saturated rings. The highest BCUT2D eigenvalue weighted by Gasteiger charge is 2.47. The predicted octanol–water partition coefficient (Wildman–Crippen LogP) is 4.37. The van der Waals surface area contributed by atoms with Crippen LogP contribution in [-0.2, 0) is 25.6 Å². The lowest BCUT2D eigenvalue weighted by Crippen LogP contribution is -2.35. The second-order valence-corrected chi connectivity index (χ2v) is 7.97. The van der Waals surface area contributed by atoms with E-state index in [1.807, 2.05) is 45.9 Å². The highest BCUT2D eigenvalue weighted by atomic mass is 19.1. The molecule has 1 aliphatic rings. The van der Waals surface area contributed by atoms with Gasteiger partial charge in [-0.15, -0.1) is 0 Å². The van der Waals surface area contributed by atoms with Crippen molar-refractivity contribution < 1.29 is 28.1 Å². The van der Waals surface area contributed by atoms with Crippen LogP contribution in [0.25, 0.3) is 0 Å². The zero-order valence-electron chi connectivity index (χ0n) is 18.1. The van der Waals surface area contributed by atoms with Crippen molar-refractivity contribution in [1.29, 1.82) is 0 Å². The predicted molar refractivity (Wildman–Crippen MR) is 111 cm³/mol. The molecule has 162 valence electrons. The van der Waals surface area contributed by atoms with Gasteiger partial charge in [-0.1, -0.05) is 46.5 Å². The molecule has 2 aromatic carbocycles. The summed E-state index contributed by atoms with van der Waals surface area (Å²) in [7, 11) is 1.38. The lowest BCUT2D eigenvalue weighted by atomic mass is 10.1. The largest absolute Gasteiger partial charge is 0.459 e. The summed E-state index contributed by atoms with van der Waals surface area (Å²) in [5.74, 6) is -0.477. The maximum absolute atomic E-state index is 14.8. The fourth-order valence-corrected chi connectivity index (χ4v) is 3.88. The summed E-state index contributed by atoms with van der Waals surface area (Å²) in [5, 5.41) is 0. The van der Waals surface area contributed by atoms with Crippen molar-refractivity contribution in [3.05, 3.63) is 69.8 Å². The Kier molecular flexibility index (Phi) is 7.23. The van der Waals surface area contributed by atoms with Gasteiger partial charge in [0.15, 0.2) is 12.5 Å². The van der Waals surface area contributed by atoms with Crippen LogP contribution >= 0.6 is 0 Å². The molecule has 3 rings (SSSR count). The molecule has 5 nitrogen and oxygen atoms in total. The molecule has 4 atom stereocenters. The lowest BCUT2D eigenvalue weighted by Gasteiger charge is -2.20. The number of ether oxygens (including phenoxy) is 4. The van der Waals surface area contributed by atoms with Crippen LogP contribution in [0.5, 0.6) is 0 Å². The number of carbonyl (C=O) groups is 1. The highest BCUT2D eigenvalue weighted by Crippen LogP contribution is 2.29. The topological polar surface area (TPSA) is 54.0 Å². The lowest BCUT2D eigenvalue weighted by molar-refractivity contribution is -0.142. The first kappa shape index (κ1) is 22.4. The summed E-state index contributed by atoms with van der Waals surface area (Å²) in [6.45, 7) is 7.94. The average molecular weight is 416 g/mol. The van der Waals surface area contributed by atoms with Crippen LogP contribution in [0.15, 0.2) is 36.4 Å². The first-order chi connectivity index (χ1) is 14.3. The van der Waals surface area contributed by atoms with Gasteiger partial charge in [0, 0.05) is 7.11 Å². The molecule has 0 amide bonds. The van der Waals surface area contributed by atoms with Gasteiger partial charge in [-0.25, -0.2) is 9.18 Å². The van der Waals surface area contributed by atoms with Gasteiger partial charge < -0.3 is 18.9 Å². The molecule has 1 heterocycles. The minimum atomic E-state index is -1.48. The average Bonchev–Trinajstić information content (AvgIpc) is 2.97. The molecule has 30 heavy (non-hydrogen) atoms. The van der Waals surface area contributed by atoms with E-state index in [-0.39, 0.29) is 13.2 Å². The molecule has 0 bridgehead atoms. The summed E-state index contributed by atoms with van der Waals surface area (Å²) < 4.78 is 36.8. The van der Waals surface area contributed by atoms with E-state index in [0.717, 1.165) is 27.8 Å². The van der Waals surface area contributed by atoms with Gasteiger partial charge in [0.2, 0.25) is 0 Å². The number of benzene rings is 2. The second-order valence-electron chi connectivity index (χ2n) is 7.97. The van der Waals surface area contributed by atoms with Gasteiger partial charge >= 0.3 is 5.97 Å². The van der Waals surface area contributed by atoms with Gasteiger partial charge in [-0.3, -0.25) is 0 Å². The number of hydrogen-bond donors (Lipinski definition) is 0. The van der Waals surface area contributed by atoms with Crippen LogP contribution in [0, 0.1) is 27.7 Å². The zero-order chi connectivity index (χ0) is 21.8. The third-order valence-electron chi connectivity index (χ3n) is 5.04. The molecule has 1 aliphatic heterocycles. The van der Waals surface area contributed by atoms with Crippen LogP contribution in [-0.4, -0.2) is 44.4 Å². The Morgan fingerprint density at radius 1 is 0.967 bits per heavy atom. The van der Waals surface area contributed by atoms with E-state index >= 15 is 0 Å². The maximum Gasteiger partial charge on any atom is 0.338 e. The SMILES string of the molecule is COC1O[C@H](COC(=O)c2cc(C)cc(C)c2)[C@@H](OCc2cc(C)cc(C)c2)[C@@H]1F. The molecule has 0 aliphatic carbocycles. The van der Waals surface area contributed by atoms with E-state index in [9.17, 15) is 9.18 Å². The van der Waals surface area contributed by atoms with E-state index in [1.165, 1.54) is 7.11 Å². The van der Waals surface area contributed by atoms with Crippen molar-refractivity contribution in [2.75, 3.05) is 13.7 Å². The van der Waals surface area contributed by atoms with Gasteiger partial charge in [0.25, 0.3) is 0 Å². The number of aryl methyl sites for hydroxylation is 4. The molecular weight excluding hydrogens is 387 g/mol. The van der Waals surface area contributed by atoms with Crippen LogP contribution < -0.4 is 0 Å². The Hall–Kier alpha value is -2.28. The first-order valence-corrected chi connectivity index (χ1v) is 10.0. The van der Waals surface area contributed by atoms with Gasteiger partial charge in [0.05, 0.1) is 12.2 Å². The summed E-state index contributed by atoms with van der Waals surface area (Å²) in [6, 6.07) is 11.6. The van der Waals surface area contributed by atoms with Crippen LogP contribution in [0.1, 0.15) is 38.2 Å². The van der Waals surface area contributed by atoms with Crippen molar-refractivity contribution in [1.82, 2.24) is 0 Å². The van der Waals surface area contributed by atoms with E-state index in [0.29, 0.717) is 5.56 Å². The standard InChI is InChI=1S/C24H29FO5/c1-14-6-15(2)9-18(8-14)12-28-22-20(30-24(27-5)21(22)25)13-29-23(26)19-10-16(3)7-17(4)11-19/h6-11,20-22,24H,12-13H2,1-5H3/t20-,21+,22-,24?/m1/s1. The number of rotatable bonds is 7. The molecule has 1 saturated heterocycles. The van der Waals surface area contributed by atoms with E-state index < -0.39 is 30.6 Å². The number of methoxy groups -OCH3 is 1. The van der Waals surface area contributed by atoms with Gasteiger partial charge in [-0.2, -0.15) is 0 Å². The number of carbonyl (C=O) groups excluding carboxylic acids is 1. The smallest absolute Gasteiger partial charge is 0.338 e. The number of hydrogen-bond acceptors (Lipinski definition) is 5. The van der Waals surface area contributed by atoms with Crippen molar-refractivity contribution in [3.63, 3.8) is 0 Å². The van der Waals surface area contributed by atoms with Crippen LogP contribution in [0.2, 0.25) is 0 Å². The fourth-order valence-electron chi connectivity index (χ4n) is 3.88. The van der Waals surface area contributed by atoms with Crippen molar-refractivity contribution >= 4 is 5.97 Å². The molecule has 0 spiro atoms. The monoisotopic (exact) mass is 416 g/mol. The Bertz CT molecular complexity index is 857. The fraction of sp³-hybridized carbons (Fsp3) is 0.458. The molecule has 0 N–H and O–H groups in total. The molecule has 0 aromatic heterocycles. The normalized spacial score (nSPS) is 23.5. The van der Waals surface area contributed by atoms with Crippen molar-refractivity contribution in [2.45, 2.75) is 59.0 Å². The molecule has 0 saturated carbocycles. The third-order valence-corrected chi connectivity index (χ3v) is 5.04. The molecule has 1 unspecified atom stereocenters. The summed E-state index contributed by atoms with van der Waals surface area (Å²) in [6.07, 6.45) is -4.20. The quantitative estimate of drug-likeness (QED) is 0.628. The number of esters is 1. The van der Waals surface area contributed by atoms with Gasteiger partial charge in [-0.05, 0) is 45.4 Å². The molecule has 6 heteroatoms. The van der Waals surface area contributed by atoms with Gasteiger partial charge in [0.1, 0.15) is 18.8 Å². The maximum atomic E-state index is 14.8. The van der Waals surface area contributed by atoms with Crippen LogP contribution in [0.4, 0.5) is 4.39 Å². The number of alkyl halides is 1. The Morgan fingerprint density at radius 2 is 1.53 bits per heavy atom. The minimum Gasteiger partial charge on any atom is -0.459 e. The molecule has 0 radical (unpaired) electrons. The second kappa shape index (κ2) is 9.69. The first-order valence-electron chi connectivity index (χ1n) is 10.0. The van der Waals surface area contributed by atoms with E-state index in [1.54, 1.807) is 12.1 Å². The van der Waals surface area contributed by atoms with E-state index in [2.05, 4.69) is 6.07 Å². The van der Waals surface area contributed by atoms with Crippen molar-refractivity contribution in [3.8, 4) is 0 Å². The summed E-state index contributed by atoms with van der Waals surface area (Å²) in [5.41, 5.74) is 5.57. The van der Waals surface area contributed by atoms with Crippen molar-refractivity contribution in [2.24, 2.45) is 0 Å². The Balaban J connectivity index is 1.66. The third kappa shape index (κ3) is 5.45.